The highest BCUT2D eigenvalue weighted by Crippen LogP contribution is 2.44. The molecule has 2 aromatic rings. The van der Waals surface area contributed by atoms with Crippen LogP contribution in [0.4, 0.5) is 4.79 Å². The second-order valence-electron chi connectivity index (χ2n) is 9.06. The molecule has 0 radical (unpaired) electrons. The summed E-state index contributed by atoms with van der Waals surface area (Å²) in [7, 11) is 0. The Labute approximate surface area is 193 Å². The Balaban J connectivity index is 1.42. The lowest BCUT2D eigenvalue weighted by Gasteiger charge is -2.37. The van der Waals surface area contributed by atoms with Crippen molar-refractivity contribution in [1.29, 1.82) is 0 Å². The van der Waals surface area contributed by atoms with Crippen molar-refractivity contribution in [3.8, 4) is 11.1 Å². The zero-order valence-corrected chi connectivity index (χ0v) is 19.0. The van der Waals surface area contributed by atoms with Gasteiger partial charge in [-0.25, -0.2) is 4.79 Å². The maximum atomic E-state index is 13.2. The van der Waals surface area contributed by atoms with Crippen LogP contribution in [-0.4, -0.2) is 53.2 Å². The normalized spacial score (nSPS) is 19.2. The first-order valence-electron chi connectivity index (χ1n) is 11.5. The first kappa shape index (κ1) is 22.8. The number of amides is 2. The molecule has 0 aromatic heterocycles. The molecule has 0 bridgehead atoms. The van der Waals surface area contributed by atoms with Crippen molar-refractivity contribution in [2.24, 2.45) is 5.92 Å². The van der Waals surface area contributed by atoms with Gasteiger partial charge in [-0.1, -0.05) is 55.5 Å². The van der Waals surface area contributed by atoms with Crippen LogP contribution < -0.4 is 5.32 Å². The van der Waals surface area contributed by atoms with Crippen molar-refractivity contribution in [2.45, 2.75) is 44.6 Å². The number of carboxylic acids is 1. The van der Waals surface area contributed by atoms with Gasteiger partial charge in [0, 0.05) is 19.0 Å². The molecule has 2 amide bonds. The van der Waals surface area contributed by atoms with Crippen molar-refractivity contribution >= 4 is 18.0 Å². The molecular weight excluding hydrogens is 420 g/mol. The van der Waals surface area contributed by atoms with E-state index in [0.29, 0.717) is 25.8 Å². The quantitative estimate of drug-likeness (QED) is 0.693. The number of piperidine rings is 1. The first-order chi connectivity index (χ1) is 15.8. The molecule has 7 heteroatoms. The molecule has 1 aliphatic heterocycles. The molecule has 1 heterocycles. The molecule has 1 saturated heterocycles. The summed E-state index contributed by atoms with van der Waals surface area (Å²) in [5.74, 6) is -1.80. The number of fused-ring (bicyclic) bond motifs is 3. The summed E-state index contributed by atoms with van der Waals surface area (Å²) in [6, 6.07) is 16.2. The van der Waals surface area contributed by atoms with E-state index < -0.39 is 23.5 Å². The average molecular weight is 451 g/mol. The number of nitrogens with zero attached hydrogens (tertiary/aromatic N) is 1. The second kappa shape index (κ2) is 9.25. The van der Waals surface area contributed by atoms with Gasteiger partial charge in [-0.2, -0.15) is 0 Å². The van der Waals surface area contributed by atoms with Crippen molar-refractivity contribution < 1.29 is 24.2 Å². The van der Waals surface area contributed by atoms with Gasteiger partial charge in [-0.15, -0.1) is 0 Å². The lowest BCUT2D eigenvalue weighted by molar-refractivity contribution is -0.147. The molecule has 0 spiro atoms. The minimum absolute atomic E-state index is 0.0647. The minimum atomic E-state index is -1.16. The number of likely N-dealkylation sites (tertiary alicyclic amines) is 1. The average Bonchev–Trinajstić information content (AvgIpc) is 3.16. The summed E-state index contributed by atoms with van der Waals surface area (Å²) < 4.78 is 5.62. The van der Waals surface area contributed by atoms with E-state index in [2.05, 4.69) is 29.6 Å². The van der Waals surface area contributed by atoms with Crippen LogP contribution in [0.15, 0.2) is 48.5 Å². The fourth-order valence-electron chi connectivity index (χ4n) is 4.86. The number of carbonyl (C=O) groups excluding carboxylic acids is 2. The number of alkyl carbamates (subject to hydrolysis) is 1. The van der Waals surface area contributed by atoms with Gasteiger partial charge in [0.25, 0.3) is 0 Å². The molecule has 1 aliphatic carbocycles. The van der Waals surface area contributed by atoms with Crippen LogP contribution in [0.3, 0.4) is 0 Å². The molecule has 1 unspecified atom stereocenters. The molecule has 2 aromatic carbocycles. The lowest BCUT2D eigenvalue weighted by Crippen LogP contribution is -2.59. The van der Waals surface area contributed by atoms with Crippen LogP contribution in [0, 0.1) is 5.92 Å². The van der Waals surface area contributed by atoms with Gasteiger partial charge in [0.15, 0.2) is 0 Å². The highest BCUT2D eigenvalue weighted by atomic mass is 16.5. The third-order valence-electron chi connectivity index (χ3n) is 6.96. The predicted molar refractivity (Wildman–Crippen MR) is 124 cm³/mol. The van der Waals surface area contributed by atoms with E-state index in [1.807, 2.05) is 31.2 Å². The molecular formula is C26H30N2O5. The Bertz CT molecular complexity index is 1020. The van der Waals surface area contributed by atoms with E-state index >= 15 is 0 Å². The number of hydrogen-bond donors (Lipinski definition) is 2. The van der Waals surface area contributed by atoms with E-state index in [4.69, 9.17) is 4.74 Å². The standard InChI is InChI=1S/C26H30N2O5/c1-3-26(2,24(31)28-14-8-9-17(15-28)23(29)30)27-25(32)33-16-22-20-12-6-4-10-18(20)19-11-5-7-13-21(19)22/h4-7,10-13,17,22H,3,8-9,14-16H2,1-2H3,(H,27,32)(H,29,30)/t17-,26?/m1/s1. The monoisotopic (exact) mass is 450 g/mol. The largest absolute Gasteiger partial charge is 0.481 e. The molecule has 174 valence electrons. The van der Waals surface area contributed by atoms with Gasteiger partial charge in [-0.3, -0.25) is 9.59 Å². The van der Waals surface area contributed by atoms with Crippen molar-refractivity contribution in [3.05, 3.63) is 59.7 Å². The van der Waals surface area contributed by atoms with Gasteiger partial charge in [0.1, 0.15) is 12.1 Å². The van der Waals surface area contributed by atoms with Crippen LogP contribution in [0.2, 0.25) is 0 Å². The molecule has 0 saturated carbocycles. The van der Waals surface area contributed by atoms with Crippen molar-refractivity contribution in [2.75, 3.05) is 19.7 Å². The van der Waals surface area contributed by atoms with Gasteiger partial charge in [0.05, 0.1) is 5.92 Å². The first-order valence-corrected chi connectivity index (χ1v) is 11.5. The summed E-state index contributed by atoms with van der Waals surface area (Å²) in [5, 5.41) is 12.1. The smallest absolute Gasteiger partial charge is 0.408 e. The summed E-state index contributed by atoms with van der Waals surface area (Å²) >= 11 is 0. The maximum absolute atomic E-state index is 13.2. The highest BCUT2D eigenvalue weighted by Gasteiger charge is 2.40. The van der Waals surface area contributed by atoms with E-state index in [0.717, 1.165) is 22.3 Å². The Hall–Kier alpha value is -3.35. The molecule has 7 nitrogen and oxygen atoms in total. The number of carbonyl (C=O) groups is 3. The molecule has 2 N–H and O–H groups in total. The Morgan fingerprint density at radius 1 is 1.09 bits per heavy atom. The van der Waals surface area contributed by atoms with Gasteiger partial charge in [0.2, 0.25) is 5.91 Å². The third kappa shape index (κ3) is 4.45. The van der Waals surface area contributed by atoms with Crippen molar-refractivity contribution in [1.82, 2.24) is 10.2 Å². The van der Waals surface area contributed by atoms with Crippen LogP contribution in [0.1, 0.15) is 50.2 Å². The van der Waals surface area contributed by atoms with Crippen LogP contribution >= 0.6 is 0 Å². The maximum Gasteiger partial charge on any atom is 0.408 e. The third-order valence-corrected chi connectivity index (χ3v) is 6.96. The van der Waals surface area contributed by atoms with Crippen LogP contribution in [0.25, 0.3) is 11.1 Å². The number of nitrogens with one attached hydrogen (secondary N) is 1. The number of carboxylic acid groups (broad SMARTS) is 1. The zero-order valence-electron chi connectivity index (χ0n) is 19.0. The number of aliphatic carboxylic acids is 1. The molecule has 1 fully saturated rings. The topological polar surface area (TPSA) is 95.9 Å². The molecule has 2 atom stereocenters. The van der Waals surface area contributed by atoms with Crippen LogP contribution in [-0.2, 0) is 14.3 Å². The second-order valence-corrected chi connectivity index (χ2v) is 9.06. The summed E-state index contributed by atoms with van der Waals surface area (Å²) in [5.41, 5.74) is 3.37. The predicted octanol–water partition coefficient (Wildman–Crippen LogP) is 4.02. The Kier molecular flexibility index (Phi) is 6.40. The van der Waals surface area contributed by atoms with E-state index in [-0.39, 0.29) is 25.0 Å². The number of rotatable bonds is 6. The molecule has 33 heavy (non-hydrogen) atoms. The fraction of sp³-hybridized carbons (Fsp3) is 0.423. The number of benzene rings is 2. The molecule has 4 rings (SSSR count). The van der Waals surface area contributed by atoms with Gasteiger partial charge >= 0.3 is 12.1 Å². The summed E-state index contributed by atoms with van der Waals surface area (Å²) in [6.07, 6.45) is 0.904. The van der Waals surface area contributed by atoms with Gasteiger partial charge in [-0.05, 0) is 48.4 Å². The number of hydrogen-bond acceptors (Lipinski definition) is 4. The SMILES string of the molecule is CCC(C)(NC(=O)OCC1c2ccccc2-c2ccccc21)C(=O)N1CCC[C@@H](C(=O)O)C1. The van der Waals surface area contributed by atoms with E-state index in [1.54, 1.807) is 11.8 Å². The Morgan fingerprint density at radius 3 is 2.27 bits per heavy atom. The van der Waals surface area contributed by atoms with Crippen molar-refractivity contribution in [3.63, 3.8) is 0 Å². The summed E-state index contributed by atoms with van der Waals surface area (Å²) in [6.45, 7) is 4.31. The minimum Gasteiger partial charge on any atom is -0.481 e. The van der Waals surface area contributed by atoms with Crippen LogP contribution in [0.5, 0.6) is 0 Å². The van der Waals surface area contributed by atoms with E-state index in [1.165, 1.54) is 0 Å². The number of ether oxygens (including phenoxy) is 1. The lowest BCUT2D eigenvalue weighted by atomic mass is 9.92. The van der Waals surface area contributed by atoms with E-state index in [9.17, 15) is 19.5 Å². The van der Waals surface area contributed by atoms with Gasteiger partial charge < -0.3 is 20.1 Å². The summed E-state index contributed by atoms with van der Waals surface area (Å²) in [4.78, 5) is 38.9. The highest BCUT2D eigenvalue weighted by molar-refractivity contribution is 5.90. The molecule has 2 aliphatic rings. The zero-order chi connectivity index (χ0) is 23.6. The Morgan fingerprint density at radius 2 is 1.70 bits per heavy atom. The fourth-order valence-corrected chi connectivity index (χ4v) is 4.86.